The Morgan fingerprint density at radius 3 is 2.48 bits per heavy atom. The van der Waals surface area contributed by atoms with Crippen LogP contribution in [0.2, 0.25) is 0 Å². The molecule has 0 radical (unpaired) electrons. The summed E-state index contributed by atoms with van der Waals surface area (Å²) < 4.78 is 38.9. The molecule has 1 N–H and O–H groups in total. The summed E-state index contributed by atoms with van der Waals surface area (Å²) in [5, 5.41) is 0. The molecule has 154 valence electrons. The highest BCUT2D eigenvalue weighted by Crippen LogP contribution is 2.31. The summed E-state index contributed by atoms with van der Waals surface area (Å²) in [5.41, 5.74) is 2.18. The maximum Gasteiger partial charge on any atom is 0.416 e. The first kappa shape index (κ1) is 19.8. The lowest BCUT2D eigenvalue weighted by molar-refractivity contribution is -0.914. The third-order valence-electron chi connectivity index (χ3n) is 6.08. The van der Waals surface area contributed by atoms with E-state index in [1.165, 1.54) is 22.6 Å². The molecule has 2 aliphatic rings. The van der Waals surface area contributed by atoms with E-state index in [0.29, 0.717) is 25.3 Å². The van der Waals surface area contributed by atoms with Gasteiger partial charge in [0.1, 0.15) is 0 Å². The van der Waals surface area contributed by atoms with Crippen LogP contribution in [0.5, 0.6) is 0 Å². The maximum absolute atomic E-state index is 13.1. The van der Waals surface area contributed by atoms with Crippen molar-refractivity contribution in [1.29, 1.82) is 0 Å². The molecule has 4 nitrogen and oxygen atoms in total. The second-order valence-corrected chi connectivity index (χ2v) is 7.78. The zero-order valence-electron chi connectivity index (χ0n) is 16.4. The number of amides is 1. The van der Waals surface area contributed by atoms with Crippen molar-refractivity contribution in [2.24, 2.45) is 0 Å². The first-order valence-corrected chi connectivity index (χ1v) is 10.0. The Balaban J connectivity index is 1.39. The molecule has 1 atom stereocenters. The summed E-state index contributed by atoms with van der Waals surface area (Å²) in [4.78, 5) is 18.1. The standard InChI is InChI=1S/C22H24F3N3O/c1-16(21(29)28-10-9-17-5-2-3-8-20(17)28)26-11-13-27(14-12-26)19-7-4-6-18(15-19)22(23,24)25/h2-8,15-16H,9-14H2,1H3/p+1/t16-/m1/s1. The van der Waals surface area contributed by atoms with Crippen LogP contribution < -0.4 is 14.7 Å². The average molecular weight is 404 g/mol. The van der Waals surface area contributed by atoms with Gasteiger partial charge in [-0.3, -0.25) is 4.79 Å². The van der Waals surface area contributed by atoms with Gasteiger partial charge in [-0.2, -0.15) is 13.2 Å². The molecule has 2 heterocycles. The molecule has 2 aliphatic heterocycles. The van der Waals surface area contributed by atoms with Crippen LogP contribution in [-0.4, -0.2) is 44.7 Å². The number of nitrogens with zero attached hydrogens (tertiary/aromatic N) is 2. The number of para-hydroxylation sites is 1. The number of fused-ring (bicyclic) bond motifs is 1. The monoisotopic (exact) mass is 404 g/mol. The van der Waals surface area contributed by atoms with Crippen LogP contribution in [0.25, 0.3) is 0 Å². The Hall–Kier alpha value is -2.54. The number of piperazine rings is 1. The summed E-state index contributed by atoms with van der Waals surface area (Å²) in [6.07, 6.45) is -3.46. The fourth-order valence-electron chi connectivity index (χ4n) is 4.34. The van der Waals surface area contributed by atoms with E-state index < -0.39 is 11.7 Å². The van der Waals surface area contributed by atoms with E-state index in [1.54, 1.807) is 6.07 Å². The zero-order valence-corrected chi connectivity index (χ0v) is 16.4. The quantitative estimate of drug-likeness (QED) is 0.851. The summed E-state index contributed by atoms with van der Waals surface area (Å²) in [5.74, 6) is 0.123. The van der Waals surface area contributed by atoms with Crippen LogP contribution in [-0.2, 0) is 17.4 Å². The molecule has 29 heavy (non-hydrogen) atoms. The minimum Gasteiger partial charge on any atom is -0.360 e. The molecule has 0 bridgehead atoms. The number of rotatable bonds is 3. The number of halogens is 3. The molecule has 1 fully saturated rings. The normalized spacial score (nSPS) is 18.6. The molecule has 2 aromatic rings. The van der Waals surface area contributed by atoms with Gasteiger partial charge in [0.2, 0.25) is 0 Å². The fraction of sp³-hybridized carbons (Fsp3) is 0.409. The zero-order chi connectivity index (χ0) is 20.6. The van der Waals surface area contributed by atoms with Crippen LogP contribution in [0.3, 0.4) is 0 Å². The van der Waals surface area contributed by atoms with E-state index in [4.69, 9.17) is 0 Å². The Labute approximate surface area is 168 Å². The lowest BCUT2D eigenvalue weighted by atomic mass is 10.1. The van der Waals surface area contributed by atoms with Crippen molar-refractivity contribution < 1.29 is 22.9 Å². The molecular formula is C22H25F3N3O+. The molecule has 0 saturated carbocycles. The van der Waals surface area contributed by atoms with Crippen molar-refractivity contribution in [1.82, 2.24) is 0 Å². The summed E-state index contributed by atoms with van der Waals surface area (Å²) >= 11 is 0. The molecule has 0 spiro atoms. The summed E-state index contributed by atoms with van der Waals surface area (Å²) in [7, 11) is 0. The Bertz CT molecular complexity index is 891. The minimum absolute atomic E-state index is 0.123. The topological polar surface area (TPSA) is 28.0 Å². The van der Waals surface area contributed by atoms with Gasteiger partial charge < -0.3 is 14.7 Å². The predicted octanol–water partition coefficient (Wildman–Crippen LogP) is 2.39. The molecule has 1 saturated heterocycles. The summed E-state index contributed by atoms with van der Waals surface area (Å²) in [6.45, 7) is 5.37. The second kappa shape index (κ2) is 7.71. The number of benzene rings is 2. The molecule has 7 heteroatoms. The van der Waals surface area contributed by atoms with Gasteiger partial charge in [0.05, 0.1) is 31.7 Å². The van der Waals surface area contributed by atoms with Crippen LogP contribution >= 0.6 is 0 Å². The van der Waals surface area contributed by atoms with E-state index in [-0.39, 0.29) is 11.9 Å². The number of nitrogens with one attached hydrogen (secondary N) is 1. The third kappa shape index (κ3) is 3.96. The van der Waals surface area contributed by atoms with E-state index in [1.807, 2.05) is 34.9 Å². The largest absolute Gasteiger partial charge is 0.416 e. The van der Waals surface area contributed by atoms with Crippen molar-refractivity contribution >= 4 is 17.3 Å². The lowest BCUT2D eigenvalue weighted by Gasteiger charge is -2.37. The number of carbonyl (C=O) groups excluding carboxylic acids is 1. The van der Waals surface area contributed by atoms with Crippen LogP contribution in [0.4, 0.5) is 24.5 Å². The highest BCUT2D eigenvalue weighted by molar-refractivity contribution is 5.97. The molecular weight excluding hydrogens is 379 g/mol. The van der Waals surface area contributed by atoms with E-state index in [0.717, 1.165) is 31.3 Å². The van der Waals surface area contributed by atoms with E-state index in [9.17, 15) is 18.0 Å². The van der Waals surface area contributed by atoms with Crippen molar-refractivity contribution in [2.75, 3.05) is 42.5 Å². The van der Waals surface area contributed by atoms with Gasteiger partial charge >= 0.3 is 6.18 Å². The van der Waals surface area contributed by atoms with E-state index in [2.05, 4.69) is 6.07 Å². The number of alkyl halides is 3. The van der Waals surface area contributed by atoms with Crippen LogP contribution in [0, 0.1) is 0 Å². The van der Waals surface area contributed by atoms with Gasteiger partial charge in [0, 0.05) is 17.9 Å². The average Bonchev–Trinajstić information content (AvgIpc) is 3.16. The SMILES string of the molecule is C[C@H](C(=O)N1CCc2ccccc21)[NH+]1CCN(c2cccc(C(F)(F)F)c2)CC1. The van der Waals surface area contributed by atoms with Crippen molar-refractivity contribution in [3.8, 4) is 0 Å². The smallest absolute Gasteiger partial charge is 0.360 e. The fourth-order valence-corrected chi connectivity index (χ4v) is 4.34. The van der Waals surface area contributed by atoms with Crippen molar-refractivity contribution in [3.63, 3.8) is 0 Å². The number of hydrogen-bond acceptors (Lipinski definition) is 2. The molecule has 0 unspecified atom stereocenters. The first-order chi connectivity index (χ1) is 13.8. The number of hydrogen-bond donors (Lipinski definition) is 1. The highest BCUT2D eigenvalue weighted by Gasteiger charge is 2.35. The molecule has 4 rings (SSSR count). The first-order valence-electron chi connectivity index (χ1n) is 10.0. The summed E-state index contributed by atoms with van der Waals surface area (Å²) in [6, 6.07) is 13.3. The second-order valence-electron chi connectivity index (χ2n) is 7.78. The third-order valence-corrected chi connectivity index (χ3v) is 6.08. The van der Waals surface area contributed by atoms with Crippen molar-refractivity contribution in [3.05, 3.63) is 59.7 Å². The molecule has 0 aromatic heterocycles. The Kier molecular flexibility index (Phi) is 5.25. The number of quaternary nitrogens is 1. The molecule has 0 aliphatic carbocycles. The van der Waals surface area contributed by atoms with Crippen molar-refractivity contribution in [2.45, 2.75) is 25.6 Å². The van der Waals surface area contributed by atoms with Crippen LogP contribution in [0.15, 0.2) is 48.5 Å². The van der Waals surface area contributed by atoms with E-state index >= 15 is 0 Å². The number of anilines is 2. The van der Waals surface area contributed by atoms with Gasteiger partial charge in [-0.1, -0.05) is 24.3 Å². The maximum atomic E-state index is 13.1. The highest BCUT2D eigenvalue weighted by atomic mass is 19.4. The molecule has 1 amide bonds. The van der Waals surface area contributed by atoms with Gasteiger partial charge in [0.25, 0.3) is 5.91 Å². The lowest BCUT2D eigenvalue weighted by Crippen LogP contribution is -3.19. The molecule has 2 aromatic carbocycles. The van der Waals surface area contributed by atoms with Gasteiger partial charge in [-0.25, -0.2) is 0 Å². The van der Waals surface area contributed by atoms with Gasteiger partial charge in [-0.15, -0.1) is 0 Å². The predicted molar refractivity (Wildman–Crippen MR) is 106 cm³/mol. The Morgan fingerprint density at radius 2 is 1.76 bits per heavy atom. The van der Waals surface area contributed by atoms with Gasteiger partial charge in [0.15, 0.2) is 6.04 Å². The number of carbonyl (C=O) groups is 1. The minimum atomic E-state index is -4.34. The Morgan fingerprint density at radius 1 is 1.03 bits per heavy atom. The van der Waals surface area contributed by atoms with Crippen LogP contribution in [0.1, 0.15) is 18.1 Å². The van der Waals surface area contributed by atoms with Gasteiger partial charge in [-0.05, 0) is 43.2 Å².